The lowest BCUT2D eigenvalue weighted by Crippen LogP contribution is -2.13. The smallest absolute Gasteiger partial charge is 0.161 e. The fourth-order valence-corrected chi connectivity index (χ4v) is 2.74. The topological polar surface area (TPSA) is 61.2 Å². The lowest BCUT2D eigenvalue weighted by molar-refractivity contribution is 0.297. The van der Waals surface area contributed by atoms with Crippen LogP contribution in [0.25, 0.3) is 5.69 Å². The van der Waals surface area contributed by atoms with Crippen LogP contribution in [-0.4, -0.2) is 28.2 Å². The van der Waals surface area contributed by atoms with E-state index in [0.29, 0.717) is 19.8 Å². The number of nitrogens with one attached hydrogen (secondary N) is 1. The Labute approximate surface area is 146 Å². The van der Waals surface area contributed by atoms with E-state index >= 15 is 0 Å². The van der Waals surface area contributed by atoms with Crippen LogP contribution in [-0.2, 0) is 13.1 Å². The molecule has 1 aliphatic heterocycles. The van der Waals surface area contributed by atoms with Gasteiger partial charge in [0.05, 0.1) is 30.8 Å². The molecule has 0 fully saturated rings. The SMILES string of the molecule is c1ccc(-n2cc(CNCc3ccc4c(c3)OCCCO4)nn2)cc1. The number of rotatable bonds is 5. The Hall–Kier alpha value is -2.86. The minimum atomic E-state index is 0.654. The first-order valence-electron chi connectivity index (χ1n) is 8.44. The molecule has 0 saturated carbocycles. The van der Waals surface area contributed by atoms with Crippen molar-refractivity contribution in [3.8, 4) is 17.2 Å². The van der Waals surface area contributed by atoms with Crippen LogP contribution in [0.15, 0.2) is 54.7 Å². The standard InChI is InChI=1S/C19H20N4O2/c1-2-5-17(6-3-1)23-14-16(21-22-23)13-20-12-15-7-8-18-19(11-15)25-10-4-9-24-18/h1-3,5-8,11,14,20H,4,9-10,12-13H2. The molecule has 0 spiro atoms. The Morgan fingerprint density at radius 1 is 0.960 bits per heavy atom. The first-order chi connectivity index (χ1) is 12.4. The summed E-state index contributed by atoms with van der Waals surface area (Å²) in [5, 5.41) is 11.8. The molecule has 0 aliphatic carbocycles. The highest BCUT2D eigenvalue weighted by atomic mass is 16.5. The molecule has 0 radical (unpaired) electrons. The summed E-state index contributed by atoms with van der Waals surface area (Å²) in [4.78, 5) is 0. The van der Waals surface area contributed by atoms with E-state index in [1.807, 2.05) is 48.7 Å². The number of aromatic nitrogens is 3. The van der Waals surface area contributed by atoms with Gasteiger partial charge in [-0.2, -0.15) is 0 Å². The average molecular weight is 336 g/mol. The van der Waals surface area contributed by atoms with Crippen molar-refractivity contribution in [2.75, 3.05) is 13.2 Å². The van der Waals surface area contributed by atoms with E-state index in [-0.39, 0.29) is 0 Å². The molecule has 0 amide bonds. The number of ether oxygens (including phenoxy) is 2. The summed E-state index contributed by atoms with van der Waals surface area (Å²) < 4.78 is 13.2. The van der Waals surface area contributed by atoms with Crippen LogP contribution in [0.2, 0.25) is 0 Å². The molecule has 25 heavy (non-hydrogen) atoms. The van der Waals surface area contributed by atoms with Crippen LogP contribution in [0.3, 0.4) is 0 Å². The maximum Gasteiger partial charge on any atom is 0.161 e. The first-order valence-corrected chi connectivity index (χ1v) is 8.44. The van der Waals surface area contributed by atoms with Gasteiger partial charge in [-0.05, 0) is 29.8 Å². The fourth-order valence-electron chi connectivity index (χ4n) is 2.74. The Kier molecular flexibility index (Phi) is 4.61. The van der Waals surface area contributed by atoms with Crippen LogP contribution >= 0.6 is 0 Å². The molecule has 0 bridgehead atoms. The predicted molar refractivity (Wildman–Crippen MR) is 94.0 cm³/mol. The normalized spacial score (nSPS) is 13.4. The molecule has 0 unspecified atom stereocenters. The van der Waals surface area contributed by atoms with Crippen LogP contribution in [0.4, 0.5) is 0 Å². The molecule has 6 nitrogen and oxygen atoms in total. The van der Waals surface area contributed by atoms with Gasteiger partial charge in [0.25, 0.3) is 0 Å². The summed E-state index contributed by atoms with van der Waals surface area (Å²) in [6.07, 6.45) is 2.86. The van der Waals surface area contributed by atoms with Crippen molar-refractivity contribution in [3.05, 3.63) is 66.0 Å². The third kappa shape index (κ3) is 3.80. The second-order valence-corrected chi connectivity index (χ2v) is 5.93. The molecule has 0 atom stereocenters. The summed E-state index contributed by atoms with van der Waals surface area (Å²) in [5.41, 5.74) is 3.06. The number of para-hydroxylation sites is 1. The molecule has 2 heterocycles. The highest BCUT2D eigenvalue weighted by Crippen LogP contribution is 2.30. The zero-order valence-corrected chi connectivity index (χ0v) is 13.9. The minimum absolute atomic E-state index is 0.654. The van der Waals surface area contributed by atoms with E-state index in [2.05, 4.69) is 21.7 Å². The molecule has 2 aromatic carbocycles. The minimum Gasteiger partial charge on any atom is -0.490 e. The Morgan fingerprint density at radius 2 is 1.80 bits per heavy atom. The van der Waals surface area contributed by atoms with Gasteiger partial charge < -0.3 is 14.8 Å². The molecule has 1 N–H and O–H groups in total. The van der Waals surface area contributed by atoms with E-state index in [0.717, 1.165) is 41.4 Å². The zero-order chi connectivity index (χ0) is 16.9. The van der Waals surface area contributed by atoms with Gasteiger partial charge in [-0.3, -0.25) is 0 Å². The Balaban J connectivity index is 1.35. The first kappa shape index (κ1) is 15.7. The molecule has 6 heteroatoms. The number of fused-ring (bicyclic) bond motifs is 1. The summed E-state index contributed by atoms with van der Waals surface area (Å²) in [5.74, 6) is 1.65. The predicted octanol–water partition coefficient (Wildman–Crippen LogP) is 2.72. The van der Waals surface area contributed by atoms with Crippen LogP contribution in [0, 0.1) is 0 Å². The fraction of sp³-hybridized carbons (Fsp3) is 0.263. The second-order valence-electron chi connectivity index (χ2n) is 5.93. The zero-order valence-electron chi connectivity index (χ0n) is 13.9. The third-order valence-corrected chi connectivity index (χ3v) is 4.01. The maximum atomic E-state index is 5.73. The van der Waals surface area contributed by atoms with Gasteiger partial charge in [-0.1, -0.05) is 29.5 Å². The maximum absolute atomic E-state index is 5.73. The Bertz CT molecular complexity index is 832. The molecular weight excluding hydrogens is 316 g/mol. The molecular formula is C19H20N4O2. The summed E-state index contributed by atoms with van der Waals surface area (Å²) in [6.45, 7) is 2.80. The summed E-state index contributed by atoms with van der Waals surface area (Å²) in [6, 6.07) is 16.0. The lowest BCUT2D eigenvalue weighted by Gasteiger charge is -2.09. The van der Waals surface area contributed by atoms with E-state index in [1.54, 1.807) is 4.68 Å². The molecule has 0 saturated heterocycles. The highest BCUT2D eigenvalue weighted by molar-refractivity contribution is 5.43. The van der Waals surface area contributed by atoms with E-state index < -0.39 is 0 Å². The van der Waals surface area contributed by atoms with Crippen LogP contribution in [0.1, 0.15) is 17.7 Å². The van der Waals surface area contributed by atoms with Crippen molar-refractivity contribution >= 4 is 0 Å². The lowest BCUT2D eigenvalue weighted by atomic mass is 10.2. The third-order valence-electron chi connectivity index (χ3n) is 4.01. The number of nitrogens with zero attached hydrogens (tertiary/aromatic N) is 3. The quantitative estimate of drug-likeness (QED) is 0.776. The van der Waals surface area contributed by atoms with Gasteiger partial charge in [0.1, 0.15) is 0 Å². The van der Waals surface area contributed by atoms with Crippen molar-refractivity contribution < 1.29 is 9.47 Å². The van der Waals surface area contributed by atoms with Gasteiger partial charge in [0.2, 0.25) is 0 Å². The second kappa shape index (κ2) is 7.36. The molecule has 1 aromatic heterocycles. The number of hydrogen-bond donors (Lipinski definition) is 1. The molecule has 3 aromatic rings. The van der Waals surface area contributed by atoms with Crippen molar-refractivity contribution in [1.82, 2.24) is 20.3 Å². The number of hydrogen-bond acceptors (Lipinski definition) is 5. The van der Waals surface area contributed by atoms with Gasteiger partial charge in [0.15, 0.2) is 11.5 Å². The average Bonchev–Trinajstić information content (AvgIpc) is 3.00. The highest BCUT2D eigenvalue weighted by Gasteiger charge is 2.10. The van der Waals surface area contributed by atoms with Crippen molar-refractivity contribution in [2.24, 2.45) is 0 Å². The Morgan fingerprint density at radius 3 is 2.68 bits per heavy atom. The molecule has 1 aliphatic rings. The van der Waals surface area contributed by atoms with E-state index in [1.165, 1.54) is 0 Å². The van der Waals surface area contributed by atoms with E-state index in [4.69, 9.17) is 9.47 Å². The van der Waals surface area contributed by atoms with Gasteiger partial charge >= 0.3 is 0 Å². The van der Waals surface area contributed by atoms with Crippen LogP contribution < -0.4 is 14.8 Å². The molecule has 128 valence electrons. The van der Waals surface area contributed by atoms with Crippen molar-refractivity contribution in [2.45, 2.75) is 19.5 Å². The molecule has 4 rings (SSSR count). The van der Waals surface area contributed by atoms with Gasteiger partial charge in [0, 0.05) is 19.5 Å². The number of benzene rings is 2. The van der Waals surface area contributed by atoms with Crippen molar-refractivity contribution in [3.63, 3.8) is 0 Å². The van der Waals surface area contributed by atoms with Gasteiger partial charge in [-0.25, -0.2) is 4.68 Å². The monoisotopic (exact) mass is 336 g/mol. The summed E-state index contributed by atoms with van der Waals surface area (Å²) >= 11 is 0. The van der Waals surface area contributed by atoms with Crippen molar-refractivity contribution in [1.29, 1.82) is 0 Å². The van der Waals surface area contributed by atoms with Crippen LogP contribution in [0.5, 0.6) is 11.5 Å². The summed E-state index contributed by atoms with van der Waals surface area (Å²) in [7, 11) is 0. The van der Waals surface area contributed by atoms with Gasteiger partial charge in [-0.15, -0.1) is 5.10 Å². The largest absolute Gasteiger partial charge is 0.490 e. The van der Waals surface area contributed by atoms with E-state index in [9.17, 15) is 0 Å².